The molecule has 1 saturated heterocycles. The van der Waals surface area contributed by atoms with Crippen LogP contribution in [0.25, 0.3) is 0 Å². The molecular weight excluding hydrogens is 338 g/mol. The molecule has 2 heterocycles. The molecule has 2 fully saturated rings. The minimum Gasteiger partial charge on any atom is -0.491 e. The smallest absolute Gasteiger partial charge is 0.141 e. The van der Waals surface area contributed by atoms with E-state index in [4.69, 9.17) is 4.74 Å². The Hall–Kier alpha value is -1.85. The van der Waals surface area contributed by atoms with Crippen molar-refractivity contribution in [2.45, 2.75) is 51.4 Å². The van der Waals surface area contributed by atoms with Gasteiger partial charge in [0.05, 0.1) is 6.10 Å². The average molecular weight is 370 g/mol. The number of aromatic nitrogens is 2. The van der Waals surface area contributed by atoms with Crippen molar-refractivity contribution in [2.75, 3.05) is 13.1 Å². The van der Waals surface area contributed by atoms with Gasteiger partial charge in [-0.15, -0.1) is 0 Å². The lowest BCUT2D eigenvalue weighted by Gasteiger charge is -2.52. The number of aryl methyl sites for hydroxylation is 1. The van der Waals surface area contributed by atoms with Gasteiger partial charge in [0, 0.05) is 50.9 Å². The molecule has 2 atom stereocenters. The Labute approximate surface area is 162 Å². The molecule has 2 aromatic rings. The van der Waals surface area contributed by atoms with Gasteiger partial charge in [0.25, 0.3) is 0 Å². The van der Waals surface area contributed by atoms with Crippen LogP contribution in [0.4, 0.5) is 0 Å². The lowest BCUT2D eigenvalue weighted by molar-refractivity contribution is -0.155. The van der Waals surface area contributed by atoms with Crippen molar-refractivity contribution < 1.29 is 9.84 Å². The first-order chi connectivity index (χ1) is 13.0. The maximum absolute atomic E-state index is 11.7. The zero-order valence-corrected chi connectivity index (χ0v) is 16.6. The highest BCUT2D eigenvalue weighted by Crippen LogP contribution is 2.48. The van der Waals surface area contributed by atoms with Crippen LogP contribution >= 0.6 is 0 Å². The molecule has 2 bridgehead atoms. The van der Waals surface area contributed by atoms with E-state index in [1.54, 1.807) is 6.20 Å². The van der Waals surface area contributed by atoms with Gasteiger partial charge in [-0.25, -0.2) is 4.98 Å². The molecule has 1 aromatic heterocycles. The number of likely N-dealkylation sites (tertiary alicyclic amines) is 1. The molecule has 5 heteroatoms. The maximum Gasteiger partial charge on any atom is 0.141 e. The van der Waals surface area contributed by atoms with Gasteiger partial charge in [-0.05, 0) is 44.4 Å². The van der Waals surface area contributed by atoms with Crippen LogP contribution in [0.1, 0.15) is 44.5 Å². The van der Waals surface area contributed by atoms with Crippen LogP contribution in [0, 0.1) is 11.8 Å². The molecule has 2 aliphatic rings. The van der Waals surface area contributed by atoms with E-state index in [1.807, 2.05) is 31.7 Å². The molecule has 1 aliphatic carbocycles. The highest BCUT2D eigenvalue weighted by atomic mass is 16.5. The second kappa shape index (κ2) is 7.28. The van der Waals surface area contributed by atoms with Gasteiger partial charge in [-0.3, -0.25) is 4.90 Å². The van der Waals surface area contributed by atoms with E-state index in [0.717, 1.165) is 44.0 Å². The highest BCUT2D eigenvalue weighted by molar-refractivity contribution is 5.27. The zero-order valence-electron chi connectivity index (χ0n) is 16.6. The maximum atomic E-state index is 11.7. The van der Waals surface area contributed by atoms with Crippen molar-refractivity contribution in [1.82, 2.24) is 14.5 Å². The number of benzene rings is 1. The van der Waals surface area contributed by atoms with Crippen LogP contribution in [0.2, 0.25) is 0 Å². The normalized spacial score (nSPS) is 28.5. The monoisotopic (exact) mass is 369 g/mol. The number of aliphatic hydroxyl groups is 1. The molecule has 4 rings (SSSR count). The largest absolute Gasteiger partial charge is 0.491 e. The van der Waals surface area contributed by atoms with Crippen molar-refractivity contribution in [1.29, 1.82) is 0 Å². The minimum absolute atomic E-state index is 0.195. The Morgan fingerprint density at radius 1 is 1.19 bits per heavy atom. The number of piperidine rings is 1. The third-order valence-corrected chi connectivity index (χ3v) is 6.19. The van der Waals surface area contributed by atoms with Crippen molar-refractivity contribution in [2.24, 2.45) is 18.9 Å². The lowest BCUT2D eigenvalue weighted by Crippen LogP contribution is -2.58. The average Bonchev–Trinajstić information content (AvgIpc) is 3.04. The molecule has 146 valence electrons. The summed E-state index contributed by atoms with van der Waals surface area (Å²) in [6.07, 6.45) is 7.28. The van der Waals surface area contributed by atoms with Gasteiger partial charge >= 0.3 is 0 Å². The molecule has 0 spiro atoms. The van der Waals surface area contributed by atoms with Gasteiger partial charge < -0.3 is 14.4 Å². The van der Waals surface area contributed by atoms with Gasteiger partial charge in [0.1, 0.15) is 17.2 Å². The molecule has 0 amide bonds. The van der Waals surface area contributed by atoms with E-state index in [1.165, 1.54) is 12.0 Å². The molecule has 1 N–H and O–H groups in total. The van der Waals surface area contributed by atoms with Crippen molar-refractivity contribution in [3.8, 4) is 5.75 Å². The molecule has 27 heavy (non-hydrogen) atoms. The molecule has 1 aromatic carbocycles. The van der Waals surface area contributed by atoms with Crippen LogP contribution in [0.5, 0.6) is 5.75 Å². The fourth-order valence-electron chi connectivity index (χ4n) is 4.99. The standard InChI is InChI=1S/C22H31N3O2/c1-16(2)27-20-9-7-17(8-10-20)13-25-14-18-5-4-6-19(15-25)22(18,26)21-23-11-12-24(21)3/h7-12,16,18-19,26H,4-6,13-15H2,1-3H3/t18-,19-/m0/s1. The Kier molecular flexibility index (Phi) is 4.99. The Morgan fingerprint density at radius 3 is 2.41 bits per heavy atom. The van der Waals surface area contributed by atoms with Gasteiger partial charge in [0.15, 0.2) is 0 Å². The number of hydrogen-bond donors (Lipinski definition) is 1. The SMILES string of the molecule is CC(C)Oc1ccc(CN2C[C@@H]3CCC[C@@H](C2)C3(O)c2nccn2C)cc1. The molecule has 0 unspecified atom stereocenters. The predicted molar refractivity (Wildman–Crippen MR) is 105 cm³/mol. The first-order valence-electron chi connectivity index (χ1n) is 10.1. The topological polar surface area (TPSA) is 50.5 Å². The van der Waals surface area contributed by atoms with Crippen LogP contribution in [-0.4, -0.2) is 38.8 Å². The van der Waals surface area contributed by atoms with E-state index in [2.05, 4.69) is 34.1 Å². The molecule has 5 nitrogen and oxygen atoms in total. The van der Waals surface area contributed by atoms with E-state index < -0.39 is 5.60 Å². The van der Waals surface area contributed by atoms with Crippen molar-refractivity contribution >= 4 is 0 Å². The minimum atomic E-state index is -0.790. The van der Waals surface area contributed by atoms with E-state index >= 15 is 0 Å². The zero-order chi connectivity index (χ0) is 19.0. The number of nitrogens with zero attached hydrogens (tertiary/aromatic N) is 3. The molecule has 1 saturated carbocycles. The van der Waals surface area contributed by atoms with Gasteiger partial charge in [0.2, 0.25) is 0 Å². The summed E-state index contributed by atoms with van der Waals surface area (Å²) in [5.41, 5.74) is 0.508. The lowest BCUT2D eigenvalue weighted by atomic mass is 9.65. The first-order valence-corrected chi connectivity index (χ1v) is 10.1. The number of imidazole rings is 1. The van der Waals surface area contributed by atoms with Gasteiger partial charge in [-0.2, -0.15) is 0 Å². The number of ether oxygens (including phenoxy) is 1. The summed E-state index contributed by atoms with van der Waals surface area (Å²) in [6.45, 7) is 6.85. The fourth-order valence-corrected chi connectivity index (χ4v) is 4.99. The number of hydrogen-bond acceptors (Lipinski definition) is 4. The summed E-state index contributed by atoms with van der Waals surface area (Å²) < 4.78 is 7.74. The third kappa shape index (κ3) is 3.50. The quantitative estimate of drug-likeness (QED) is 0.878. The summed E-state index contributed by atoms with van der Waals surface area (Å²) in [5.74, 6) is 2.25. The van der Waals surface area contributed by atoms with Gasteiger partial charge in [-0.1, -0.05) is 18.6 Å². The Balaban J connectivity index is 1.48. The van der Waals surface area contributed by atoms with Crippen LogP contribution in [-0.2, 0) is 19.2 Å². The second-order valence-electron chi connectivity index (χ2n) is 8.52. The van der Waals surface area contributed by atoms with E-state index in [0.29, 0.717) is 0 Å². The summed E-state index contributed by atoms with van der Waals surface area (Å²) >= 11 is 0. The van der Waals surface area contributed by atoms with Crippen LogP contribution in [0.15, 0.2) is 36.7 Å². The molecule has 0 radical (unpaired) electrons. The summed E-state index contributed by atoms with van der Waals surface area (Å²) in [7, 11) is 1.99. The van der Waals surface area contributed by atoms with Crippen molar-refractivity contribution in [3.63, 3.8) is 0 Å². The Morgan fingerprint density at radius 2 is 1.85 bits per heavy atom. The number of rotatable bonds is 5. The first kappa shape index (κ1) is 18.5. The Bertz CT molecular complexity index is 754. The van der Waals surface area contributed by atoms with Crippen LogP contribution in [0.3, 0.4) is 0 Å². The second-order valence-corrected chi connectivity index (χ2v) is 8.52. The summed E-state index contributed by atoms with van der Waals surface area (Å²) in [5, 5.41) is 11.7. The summed E-state index contributed by atoms with van der Waals surface area (Å²) in [4.78, 5) is 7.02. The fraction of sp³-hybridized carbons (Fsp3) is 0.591. The highest BCUT2D eigenvalue weighted by Gasteiger charge is 2.53. The number of fused-ring (bicyclic) bond motifs is 2. The molecular formula is C22H31N3O2. The van der Waals surface area contributed by atoms with E-state index in [-0.39, 0.29) is 17.9 Å². The van der Waals surface area contributed by atoms with Crippen LogP contribution < -0.4 is 4.74 Å². The van der Waals surface area contributed by atoms with E-state index in [9.17, 15) is 5.11 Å². The summed E-state index contributed by atoms with van der Waals surface area (Å²) in [6, 6.07) is 8.44. The third-order valence-electron chi connectivity index (χ3n) is 6.19. The van der Waals surface area contributed by atoms with Crippen molar-refractivity contribution in [3.05, 3.63) is 48.0 Å². The predicted octanol–water partition coefficient (Wildman–Crippen LogP) is 3.33. The molecule has 1 aliphatic heterocycles.